The molecule has 1 aromatic rings. The van der Waals surface area contributed by atoms with Crippen LogP contribution in [0, 0.1) is 0 Å². The number of piperazine rings is 1. The predicted molar refractivity (Wildman–Crippen MR) is 102 cm³/mol. The molecule has 9 heteroatoms. The number of nitrogens with one attached hydrogen (secondary N) is 2. The number of quaternary nitrogens is 1. The van der Waals surface area contributed by atoms with E-state index in [0.717, 1.165) is 24.2 Å². The fourth-order valence-corrected chi connectivity index (χ4v) is 5.10. The molecule has 1 saturated heterocycles. The van der Waals surface area contributed by atoms with Crippen LogP contribution >= 0.6 is 0 Å². The highest BCUT2D eigenvalue weighted by Gasteiger charge is 2.36. The Balaban J connectivity index is 1.40. The molecule has 2 heterocycles. The van der Waals surface area contributed by atoms with Gasteiger partial charge in [-0.1, -0.05) is 0 Å². The summed E-state index contributed by atoms with van der Waals surface area (Å²) in [5.74, 6) is 1.13. The highest BCUT2D eigenvalue weighted by Crippen LogP contribution is 2.32. The molecule has 1 saturated carbocycles. The summed E-state index contributed by atoms with van der Waals surface area (Å²) in [7, 11) is -3.60. The van der Waals surface area contributed by atoms with E-state index in [2.05, 4.69) is 5.32 Å². The van der Waals surface area contributed by atoms with Crippen LogP contribution in [-0.2, 0) is 14.8 Å². The summed E-state index contributed by atoms with van der Waals surface area (Å²) < 4.78 is 38.8. The Morgan fingerprint density at radius 3 is 2.54 bits per heavy atom. The van der Waals surface area contributed by atoms with Crippen LogP contribution in [0.3, 0.4) is 0 Å². The van der Waals surface area contributed by atoms with Crippen LogP contribution in [0.1, 0.15) is 26.2 Å². The number of nitrogens with zero attached hydrogens (tertiary/aromatic N) is 1. The summed E-state index contributed by atoms with van der Waals surface area (Å²) in [5.41, 5.74) is 0. The minimum Gasteiger partial charge on any atom is -0.490 e. The first-order chi connectivity index (χ1) is 13.4. The quantitative estimate of drug-likeness (QED) is 0.677. The van der Waals surface area contributed by atoms with Gasteiger partial charge in [-0.25, -0.2) is 8.42 Å². The smallest absolute Gasteiger partial charge is 0.278 e. The van der Waals surface area contributed by atoms with Gasteiger partial charge in [-0.2, -0.15) is 4.31 Å². The Morgan fingerprint density at radius 1 is 1.18 bits per heavy atom. The minimum absolute atomic E-state index is 0.0664. The van der Waals surface area contributed by atoms with E-state index < -0.39 is 10.0 Å². The van der Waals surface area contributed by atoms with Crippen LogP contribution in [0.5, 0.6) is 11.5 Å². The van der Waals surface area contributed by atoms with Crippen LogP contribution in [0.2, 0.25) is 0 Å². The second kappa shape index (κ2) is 7.88. The van der Waals surface area contributed by atoms with Crippen molar-refractivity contribution in [3.8, 4) is 11.5 Å². The van der Waals surface area contributed by atoms with Crippen molar-refractivity contribution in [1.82, 2.24) is 9.62 Å². The maximum absolute atomic E-state index is 13.1. The van der Waals surface area contributed by atoms with Gasteiger partial charge in [-0.15, -0.1) is 0 Å². The molecular weight excluding hydrogens is 382 g/mol. The zero-order chi connectivity index (χ0) is 19.7. The molecule has 1 atom stereocenters. The molecule has 2 fully saturated rings. The summed E-state index contributed by atoms with van der Waals surface area (Å²) in [6, 6.07) is 4.98. The molecule has 8 nitrogen and oxygen atoms in total. The van der Waals surface area contributed by atoms with Crippen molar-refractivity contribution < 1.29 is 27.6 Å². The average molecular weight is 411 g/mol. The Morgan fingerprint density at radius 2 is 1.86 bits per heavy atom. The first-order valence-electron chi connectivity index (χ1n) is 10.00. The third-order valence-corrected chi connectivity index (χ3v) is 7.55. The Labute approximate surface area is 165 Å². The molecule has 1 aromatic carbocycles. The van der Waals surface area contributed by atoms with Crippen LogP contribution in [-0.4, -0.2) is 70.1 Å². The van der Waals surface area contributed by atoms with Crippen molar-refractivity contribution >= 4 is 15.9 Å². The summed E-state index contributed by atoms with van der Waals surface area (Å²) in [6.45, 7) is 5.02. The van der Waals surface area contributed by atoms with Gasteiger partial charge in [0.15, 0.2) is 17.5 Å². The maximum atomic E-state index is 13.1. The van der Waals surface area contributed by atoms with Gasteiger partial charge < -0.3 is 19.7 Å². The van der Waals surface area contributed by atoms with Crippen molar-refractivity contribution in [2.45, 2.75) is 43.2 Å². The van der Waals surface area contributed by atoms with E-state index in [1.165, 1.54) is 4.31 Å². The van der Waals surface area contributed by atoms with Gasteiger partial charge >= 0.3 is 0 Å². The SMILES string of the molecule is C[C@H](C(=O)NC1CC1)[NH+]1CCN(S(=O)(=O)c2ccc3c(c2)OCCCO3)CC1. The van der Waals surface area contributed by atoms with E-state index in [1.54, 1.807) is 18.2 Å². The van der Waals surface area contributed by atoms with Crippen molar-refractivity contribution in [1.29, 1.82) is 0 Å². The molecule has 3 aliphatic rings. The number of carbonyl (C=O) groups is 1. The Hall–Kier alpha value is -1.84. The number of benzene rings is 1. The number of fused-ring (bicyclic) bond motifs is 1. The molecular formula is C19H28N3O5S+. The summed E-state index contributed by atoms with van der Waals surface area (Å²) >= 11 is 0. The topological polar surface area (TPSA) is 89.4 Å². The van der Waals surface area contributed by atoms with E-state index in [1.807, 2.05) is 6.92 Å². The first kappa shape index (κ1) is 19.5. The normalized spacial score (nSPS) is 22.3. The van der Waals surface area contributed by atoms with Crippen LogP contribution in [0.25, 0.3) is 0 Å². The molecule has 4 rings (SSSR count). The van der Waals surface area contributed by atoms with Crippen LogP contribution in [0.15, 0.2) is 23.1 Å². The molecule has 0 bridgehead atoms. The van der Waals surface area contributed by atoms with E-state index in [0.29, 0.717) is 56.9 Å². The van der Waals surface area contributed by atoms with Crippen LogP contribution < -0.4 is 19.7 Å². The van der Waals surface area contributed by atoms with Crippen LogP contribution in [0.4, 0.5) is 0 Å². The van der Waals surface area contributed by atoms with Gasteiger partial charge in [-0.3, -0.25) is 4.79 Å². The summed E-state index contributed by atoms with van der Waals surface area (Å²) in [4.78, 5) is 13.6. The second-order valence-electron chi connectivity index (χ2n) is 7.73. The van der Waals surface area contributed by atoms with E-state index in [9.17, 15) is 13.2 Å². The van der Waals surface area contributed by atoms with E-state index in [4.69, 9.17) is 9.47 Å². The van der Waals surface area contributed by atoms with Gasteiger partial charge in [0.1, 0.15) is 0 Å². The number of rotatable bonds is 5. The van der Waals surface area contributed by atoms with Crippen molar-refractivity contribution in [2.24, 2.45) is 0 Å². The molecule has 1 aliphatic carbocycles. The maximum Gasteiger partial charge on any atom is 0.278 e. The molecule has 28 heavy (non-hydrogen) atoms. The fraction of sp³-hybridized carbons (Fsp3) is 0.632. The number of amides is 1. The molecule has 0 radical (unpaired) electrons. The fourth-order valence-electron chi connectivity index (χ4n) is 3.64. The lowest BCUT2D eigenvalue weighted by Gasteiger charge is -2.34. The molecule has 0 spiro atoms. The highest BCUT2D eigenvalue weighted by atomic mass is 32.2. The Kier molecular flexibility index (Phi) is 5.48. The molecule has 154 valence electrons. The first-order valence-corrected chi connectivity index (χ1v) is 11.4. The summed E-state index contributed by atoms with van der Waals surface area (Å²) in [5, 5.41) is 3.03. The number of hydrogen-bond donors (Lipinski definition) is 2. The summed E-state index contributed by atoms with van der Waals surface area (Å²) in [6.07, 6.45) is 2.90. The van der Waals surface area contributed by atoms with Crippen molar-refractivity contribution in [3.05, 3.63) is 18.2 Å². The zero-order valence-electron chi connectivity index (χ0n) is 16.1. The average Bonchev–Trinajstić information content (AvgIpc) is 3.53. The zero-order valence-corrected chi connectivity index (χ0v) is 17.0. The molecule has 0 unspecified atom stereocenters. The lowest BCUT2D eigenvalue weighted by molar-refractivity contribution is -0.917. The van der Waals surface area contributed by atoms with E-state index >= 15 is 0 Å². The predicted octanol–water partition coefficient (Wildman–Crippen LogP) is -0.596. The monoisotopic (exact) mass is 410 g/mol. The number of hydrogen-bond acceptors (Lipinski definition) is 5. The van der Waals surface area contributed by atoms with E-state index in [-0.39, 0.29) is 16.8 Å². The lowest BCUT2D eigenvalue weighted by Crippen LogP contribution is -3.19. The number of ether oxygens (including phenoxy) is 2. The third kappa shape index (κ3) is 4.11. The van der Waals surface area contributed by atoms with Gasteiger partial charge in [0.05, 0.1) is 44.3 Å². The van der Waals surface area contributed by atoms with Crippen molar-refractivity contribution in [2.75, 3.05) is 39.4 Å². The molecule has 1 amide bonds. The van der Waals surface area contributed by atoms with Gasteiger partial charge in [0.2, 0.25) is 10.0 Å². The van der Waals surface area contributed by atoms with Gasteiger partial charge in [0, 0.05) is 18.5 Å². The van der Waals surface area contributed by atoms with Gasteiger partial charge in [-0.05, 0) is 31.9 Å². The second-order valence-corrected chi connectivity index (χ2v) is 9.66. The minimum atomic E-state index is -3.60. The standard InChI is InChI=1S/C19H27N3O5S/c1-14(19(23)20-15-3-4-15)21-7-9-22(10-8-21)28(24,25)16-5-6-17-18(13-16)27-12-2-11-26-17/h5-6,13-15H,2-4,7-12H2,1H3,(H,20,23)/p+1/t14-/m1/s1. The third-order valence-electron chi connectivity index (χ3n) is 5.65. The number of sulfonamides is 1. The van der Waals surface area contributed by atoms with Gasteiger partial charge in [0.25, 0.3) is 5.91 Å². The largest absolute Gasteiger partial charge is 0.490 e. The molecule has 2 N–H and O–H groups in total. The number of carbonyl (C=O) groups excluding carboxylic acids is 1. The lowest BCUT2D eigenvalue weighted by atomic mass is 10.2. The highest BCUT2D eigenvalue weighted by molar-refractivity contribution is 7.89. The molecule has 0 aromatic heterocycles. The van der Waals surface area contributed by atoms with Crippen molar-refractivity contribution in [3.63, 3.8) is 0 Å². The molecule has 2 aliphatic heterocycles. The Bertz CT molecular complexity index is 832.